The van der Waals surface area contributed by atoms with Gasteiger partial charge >= 0.3 is 11.9 Å². The van der Waals surface area contributed by atoms with E-state index in [4.69, 9.17) is 18.9 Å². The first kappa shape index (κ1) is 89.2. The van der Waals surface area contributed by atoms with E-state index in [-0.39, 0.29) is 32.2 Å². The zero-order chi connectivity index (χ0) is 67.5. The molecule has 0 aromatic rings. The van der Waals surface area contributed by atoms with Crippen LogP contribution in [0.25, 0.3) is 0 Å². The second kappa shape index (κ2) is 74.0. The van der Waals surface area contributed by atoms with Crippen LogP contribution in [-0.4, -0.2) is 82.3 Å². The van der Waals surface area contributed by atoms with Gasteiger partial charge in [-0.05, 0) is 89.9 Å². The van der Waals surface area contributed by atoms with E-state index in [0.717, 1.165) is 83.5 Å². The molecule has 0 aliphatic heterocycles. The van der Waals surface area contributed by atoms with Gasteiger partial charge in [0.2, 0.25) is 0 Å². The van der Waals surface area contributed by atoms with Gasteiger partial charge < -0.3 is 33.3 Å². The van der Waals surface area contributed by atoms with Crippen molar-refractivity contribution in [2.75, 3.05) is 47.5 Å². The predicted molar refractivity (Wildman–Crippen MR) is 398 cm³/mol. The highest BCUT2D eigenvalue weighted by atomic mass is 16.7. The number of unbranched alkanes of at least 4 members (excludes halogenated alkanes) is 42. The molecule has 0 amide bonds. The van der Waals surface area contributed by atoms with Gasteiger partial charge in [0.1, 0.15) is 13.2 Å². The smallest absolute Gasteiger partial charge is 0.306 e. The van der Waals surface area contributed by atoms with E-state index < -0.39 is 24.3 Å². The fourth-order valence-electron chi connectivity index (χ4n) is 11.4. The quantitative estimate of drug-likeness (QED) is 0.0195. The number of nitrogens with zero attached hydrogens (tertiary/aromatic N) is 1. The Morgan fingerprint density at radius 1 is 0.323 bits per heavy atom. The van der Waals surface area contributed by atoms with Crippen LogP contribution >= 0.6 is 0 Å². The number of likely N-dealkylation sites (N-methyl/N-ethyl adjacent to an activating group) is 1. The molecule has 0 aliphatic carbocycles. The highest BCUT2D eigenvalue weighted by Gasteiger charge is 2.22. The first-order chi connectivity index (χ1) is 45.6. The fourth-order valence-corrected chi connectivity index (χ4v) is 11.4. The van der Waals surface area contributed by atoms with Gasteiger partial charge in [-0.15, -0.1) is 0 Å². The summed E-state index contributed by atoms with van der Waals surface area (Å²) in [5.41, 5.74) is 0. The molecule has 0 rings (SSSR count). The van der Waals surface area contributed by atoms with E-state index in [1.165, 1.54) is 244 Å². The minimum absolute atomic E-state index is 0.148. The van der Waals surface area contributed by atoms with E-state index in [2.05, 4.69) is 111 Å². The number of allylic oxidation sites excluding steroid dienone is 16. The van der Waals surface area contributed by atoms with Crippen molar-refractivity contribution in [1.82, 2.24) is 0 Å². The summed E-state index contributed by atoms with van der Waals surface area (Å²) in [4.78, 5) is 37.6. The van der Waals surface area contributed by atoms with Crippen molar-refractivity contribution in [2.24, 2.45) is 0 Å². The van der Waals surface area contributed by atoms with E-state index in [1.54, 1.807) is 0 Å². The number of ether oxygens (including phenoxy) is 4. The molecule has 0 spiro atoms. The van der Waals surface area contributed by atoms with Crippen molar-refractivity contribution in [1.29, 1.82) is 0 Å². The molecule has 0 heterocycles. The Hall–Kier alpha value is -3.79. The Kier molecular flexibility index (Phi) is 71.0. The molecule has 9 nitrogen and oxygen atoms in total. The second-order valence-corrected chi connectivity index (χ2v) is 27.6. The van der Waals surface area contributed by atoms with Gasteiger partial charge in [0.05, 0.1) is 40.3 Å². The van der Waals surface area contributed by atoms with Gasteiger partial charge in [-0.25, -0.2) is 0 Å². The third kappa shape index (κ3) is 75.5. The lowest BCUT2D eigenvalue weighted by atomic mass is 10.0. The molecule has 0 saturated heterocycles. The summed E-state index contributed by atoms with van der Waals surface area (Å²) in [5, 5.41) is 11.9. The maximum atomic E-state index is 13.0. The summed E-state index contributed by atoms with van der Waals surface area (Å²) in [6, 6.07) is 0. The topological polar surface area (TPSA) is 111 Å². The molecular weight excluding hydrogens is 1150 g/mol. The lowest BCUT2D eigenvalue weighted by molar-refractivity contribution is -0.870. The highest BCUT2D eigenvalue weighted by molar-refractivity contribution is 5.70. The lowest BCUT2D eigenvalue weighted by Gasteiger charge is -2.26. The first-order valence-corrected chi connectivity index (χ1v) is 39.4. The molecule has 0 bridgehead atoms. The summed E-state index contributed by atoms with van der Waals surface area (Å²) in [6.07, 6.45) is 99.6. The Morgan fingerprint density at radius 3 is 0.860 bits per heavy atom. The van der Waals surface area contributed by atoms with Crippen molar-refractivity contribution in [3.8, 4) is 0 Å². The summed E-state index contributed by atoms with van der Waals surface area (Å²) >= 11 is 0. The summed E-state index contributed by atoms with van der Waals surface area (Å²) < 4.78 is 22.9. The number of quaternary nitrogens is 1. The number of carboxylic acid groups (broad SMARTS) is 1. The third-order valence-corrected chi connectivity index (χ3v) is 17.3. The number of esters is 2. The number of hydrogen-bond acceptors (Lipinski definition) is 8. The van der Waals surface area contributed by atoms with Gasteiger partial charge in [-0.1, -0.05) is 355 Å². The highest BCUT2D eigenvalue weighted by Crippen LogP contribution is 2.19. The zero-order valence-electron chi connectivity index (χ0n) is 61.6. The Balaban J connectivity index is 3.99. The van der Waals surface area contributed by atoms with E-state index in [0.29, 0.717) is 23.9 Å². The number of rotatable bonds is 73. The lowest BCUT2D eigenvalue weighted by Crippen LogP contribution is -2.44. The minimum Gasteiger partial charge on any atom is -0.545 e. The van der Waals surface area contributed by atoms with Crippen LogP contribution in [0.5, 0.6) is 0 Å². The van der Waals surface area contributed by atoms with E-state index in [1.807, 2.05) is 21.1 Å². The Morgan fingerprint density at radius 2 is 0.581 bits per heavy atom. The standard InChI is InChI=1S/C84H149NO8/c1-6-8-10-12-14-16-18-20-22-24-26-28-30-32-34-36-38-39-40-41-42-43-45-47-49-51-53-55-57-59-61-63-65-67-69-71-73-75-82(87)93-80(79-92-84(83(88)89)90-77-76-85(3,4)5)78-91-81(86)74-72-70-68-66-64-62-60-58-56-54-52-50-48-46-44-37-35-33-31-29-27-25-23-21-19-17-15-13-11-9-7-2/h8-11,14-17,20-23,26-29,80,84H,6-7,12-13,18-19,24-25,30-79H2,1-5H3/b10-8-,11-9-,16-14-,17-15-,22-20-,23-21-,28-26-,29-27-. The summed E-state index contributed by atoms with van der Waals surface area (Å²) in [6.45, 7) is 4.58. The number of carboxylic acids is 1. The first-order valence-electron chi connectivity index (χ1n) is 39.4. The van der Waals surface area contributed by atoms with Gasteiger partial charge in [-0.3, -0.25) is 9.59 Å². The number of hydrogen-bond donors (Lipinski definition) is 0. The van der Waals surface area contributed by atoms with Crippen LogP contribution in [0.1, 0.15) is 361 Å². The largest absolute Gasteiger partial charge is 0.545 e. The second-order valence-electron chi connectivity index (χ2n) is 27.6. The maximum absolute atomic E-state index is 13.0. The van der Waals surface area contributed by atoms with Crippen LogP contribution in [0.15, 0.2) is 97.2 Å². The van der Waals surface area contributed by atoms with Crippen LogP contribution in [-0.2, 0) is 33.3 Å². The Bertz CT molecular complexity index is 1850. The molecule has 2 unspecified atom stereocenters. The van der Waals surface area contributed by atoms with Gasteiger partial charge in [0.15, 0.2) is 12.4 Å². The van der Waals surface area contributed by atoms with Crippen LogP contribution in [0.2, 0.25) is 0 Å². The van der Waals surface area contributed by atoms with Crippen LogP contribution in [0.4, 0.5) is 0 Å². The third-order valence-electron chi connectivity index (χ3n) is 17.3. The SMILES string of the molecule is CC/C=C\C/C=C\C/C=C\C/C=C\CCCCCCCCCCCCCCCCCCCCCCCCCCC(=O)OC(COC(=O)CCCCCCCCCCCCCCCCCCCC/C=C\C/C=C\C/C=C\C/C=C\CC)COC(OCC[N+](C)(C)C)C(=O)[O-]. The van der Waals surface area contributed by atoms with Crippen molar-refractivity contribution >= 4 is 17.9 Å². The number of carbonyl (C=O) groups excluding carboxylic acids is 3. The molecule has 0 aromatic heterocycles. The molecule has 0 saturated carbocycles. The molecule has 0 aromatic carbocycles. The minimum atomic E-state index is -1.62. The van der Waals surface area contributed by atoms with Crippen LogP contribution < -0.4 is 5.11 Å². The zero-order valence-corrected chi connectivity index (χ0v) is 61.6. The molecule has 0 aliphatic rings. The molecule has 2 atom stereocenters. The van der Waals surface area contributed by atoms with Crippen molar-refractivity contribution in [2.45, 2.75) is 373 Å². The molecule has 0 N–H and O–H groups in total. The van der Waals surface area contributed by atoms with Gasteiger partial charge in [0, 0.05) is 12.8 Å². The van der Waals surface area contributed by atoms with E-state index in [9.17, 15) is 19.5 Å². The monoisotopic (exact) mass is 1300 g/mol. The summed E-state index contributed by atoms with van der Waals surface area (Å²) in [7, 11) is 5.95. The van der Waals surface area contributed by atoms with Crippen LogP contribution in [0.3, 0.4) is 0 Å². The molecule has 0 radical (unpaired) electrons. The molecular formula is C84H149NO8. The molecule has 9 heteroatoms. The van der Waals surface area contributed by atoms with Crippen LogP contribution in [0, 0.1) is 0 Å². The number of carbonyl (C=O) groups is 3. The summed E-state index contributed by atoms with van der Waals surface area (Å²) in [5.74, 6) is -2.26. The average molecular weight is 1300 g/mol. The van der Waals surface area contributed by atoms with Crippen molar-refractivity contribution in [3.05, 3.63) is 97.2 Å². The van der Waals surface area contributed by atoms with Crippen molar-refractivity contribution in [3.63, 3.8) is 0 Å². The molecule has 0 fully saturated rings. The molecule has 93 heavy (non-hydrogen) atoms. The predicted octanol–water partition coefficient (Wildman–Crippen LogP) is 23.8. The fraction of sp³-hybridized carbons (Fsp3) is 0.774. The number of aliphatic carboxylic acids is 1. The maximum Gasteiger partial charge on any atom is 0.306 e. The van der Waals surface area contributed by atoms with E-state index >= 15 is 0 Å². The van der Waals surface area contributed by atoms with Crippen molar-refractivity contribution < 1.29 is 42.9 Å². The normalized spacial score (nSPS) is 13.2. The molecule has 538 valence electrons. The van der Waals surface area contributed by atoms with Gasteiger partial charge in [-0.2, -0.15) is 0 Å². The van der Waals surface area contributed by atoms with Gasteiger partial charge in [0.25, 0.3) is 0 Å². The Labute approximate surface area is 575 Å². The average Bonchev–Trinajstić information content (AvgIpc) is 3.73.